The zero-order valence-corrected chi connectivity index (χ0v) is 10.2. The number of halogens is 1. The van der Waals surface area contributed by atoms with Gasteiger partial charge in [-0.05, 0) is 30.5 Å². The number of carboxylic acid groups (broad SMARTS) is 1. The van der Waals surface area contributed by atoms with E-state index in [1.54, 1.807) is 12.1 Å². The van der Waals surface area contributed by atoms with Crippen LogP contribution in [-0.4, -0.2) is 17.2 Å². The summed E-state index contributed by atoms with van der Waals surface area (Å²) in [5.74, 6) is -0.963. The SMILES string of the molecule is O=C(O)c1ccc(COC2CCCC2)c(Cl)c1. The van der Waals surface area contributed by atoms with Gasteiger partial charge in [0, 0.05) is 5.02 Å². The van der Waals surface area contributed by atoms with E-state index >= 15 is 0 Å². The lowest BCUT2D eigenvalue weighted by molar-refractivity contribution is 0.0457. The fourth-order valence-electron chi connectivity index (χ4n) is 2.06. The minimum absolute atomic E-state index is 0.208. The molecule has 0 saturated heterocycles. The summed E-state index contributed by atoms with van der Waals surface area (Å²) in [6.07, 6.45) is 5.03. The lowest BCUT2D eigenvalue weighted by Crippen LogP contribution is -2.07. The number of aromatic carboxylic acids is 1. The van der Waals surface area contributed by atoms with Crippen LogP contribution in [0.4, 0.5) is 0 Å². The van der Waals surface area contributed by atoms with Crippen LogP contribution in [0.2, 0.25) is 5.02 Å². The van der Waals surface area contributed by atoms with E-state index in [1.807, 2.05) is 0 Å². The Labute approximate surface area is 105 Å². The summed E-state index contributed by atoms with van der Waals surface area (Å²) in [4.78, 5) is 10.7. The molecule has 0 spiro atoms. The largest absolute Gasteiger partial charge is 0.478 e. The lowest BCUT2D eigenvalue weighted by atomic mass is 10.1. The summed E-state index contributed by atoms with van der Waals surface area (Å²) >= 11 is 6.02. The minimum Gasteiger partial charge on any atom is -0.478 e. The summed E-state index contributed by atoms with van der Waals surface area (Å²) in [6.45, 7) is 0.462. The van der Waals surface area contributed by atoms with E-state index in [9.17, 15) is 4.79 Å². The van der Waals surface area contributed by atoms with Crippen LogP contribution in [0.25, 0.3) is 0 Å². The Balaban J connectivity index is 1.98. The van der Waals surface area contributed by atoms with Crippen molar-refractivity contribution in [1.29, 1.82) is 0 Å². The molecule has 3 nitrogen and oxygen atoms in total. The Morgan fingerprint density at radius 1 is 1.41 bits per heavy atom. The molecule has 0 radical (unpaired) electrons. The maximum Gasteiger partial charge on any atom is 0.335 e. The van der Waals surface area contributed by atoms with Gasteiger partial charge in [0.05, 0.1) is 18.3 Å². The molecular formula is C13H15ClO3. The fraction of sp³-hybridized carbons (Fsp3) is 0.462. The van der Waals surface area contributed by atoms with Gasteiger partial charge in [0.15, 0.2) is 0 Å². The van der Waals surface area contributed by atoms with Gasteiger partial charge in [-0.1, -0.05) is 30.5 Å². The molecule has 0 heterocycles. The lowest BCUT2D eigenvalue weighted by Gasteiger charge is -2.12. The summed E-state index contributed by atoms with van der Waals surface area (Å²) in [6, 6.07) is 4.75. The van der Waals surface area contributed by atoms with Gasteiger partial charge in [-0.25, -0.2) is 4.79 Å². The van der Waals surface area contributed by atoms with E-state index in [0.717, 1.165) is 18.4 Å². The van der Waals surface area contributed by atoms with Gasteiger partial charge in [-0.2, -0.15) is 0 Å². The molecule has 0 bridgehead atoms. The van der Waals surface area contributed by atoms with Crippen molar-refractivity contribution in [3.8, 4) is 0 Å². The number of carboxylic acids is 1. The van der Waals surface area contributed by atoms with Crippen LogP contribution in [0.15, 0.2) is 18.2 Å². The van der Waals surface area contributed by atoms with Crippen LogP contribution in [0.1, 0.15) is 41.6 Å². The molecule has 2 rings (SSSR count). The predicted octanol–water partition coefficient (Wildman–Crippen LogP) is 3.50. The zero-order valence-electron chi connectivity index (χ0n) is 9.49. The van der Waals surface area contributed by atoms with Crippen LogP contribution in [0, 0.1) is 0 Å². The van der Waals surface area contributed by atoms with Crippen molar-refractivity contribution in [2.75, 3.05) is 0 Å². The van der Waals surface area contributed by atoms with E-state index in [1.165, 1.54) is 18.9 Å². The molecule has 1 saturated carbocycles. The first kappa shape index (κ1) is 12.4. The summed E-state index contributed by atoms with van der Waals surface area (Å²) in [7, 11) is 0. The number of hydrogen-bond donors (Lipinski definition) is 1. The number of benzene rings is 1. The Kier molecular flexibility index (Phi) is 4.02. The zero-order chi connectivity index (χ0) is 12.3. The Morgan fingerprint density at radius 3 is 2.71 bits per heavy atom. The van der Waals surface area contributed by atoms with Crippen LogP contribution in [-0.2, 0) is 11.3 Å². The molecule has 4 heteroatoms. The summed E-state index contributed by atoms with van der Waals surface area (Å²) in [5, 5.41) is 9.27. The summed E-state index contributed by atoms with van der Waals surface area (Å²) in [5.41, 5.74) is 1.06. The monoisotopic (exact) mass is 254 g/mol. The second kappa shape index (κ2) is 5.52. The third-order valence-electron chi connectivity index (χ3n) is 3.08. The highest BCUT2D eigenvalue weighted by Gasteiger charge is 2.16. The van der Waals surface area contributed by atoms with Crippen molar-refractivity contribution in [1.82, 2.24) is 0 Å². The normalized spacial score (nSPS) is 16.3. The first-order valence-corrected chi connectivity index (χ1v) is 6.18. The van der Waals surface area contributed by atoms with Crippen molar-refractivity contribution in [2.24, 2.45) is 0 Å². The molecular weight excluding hydrogens is 240 g/mol. The average molecular weight is 255 g/mol. The molecule has 1 aliphatic carbocycles. The van der Waals surface area contributed by atoms with Crippen molar-refractivity contribution < 1.29 is 14.6 Å². The molecule has 1 fully saturated rings. The van der Waals surface area contributed by atoms with Crippen molar-refractivity contribution >= 4 is 17.6 Å². The van der Waals surface area contributed by atoms with E-state index in [2.05, 4.69) is 0 Å². The predicted molar refractivity (Wildman–Crippen MR) is 65.5 cm³/mol. The van der Waals surface area contributed by atoms with Crippen molar-refractivity contribution in [2.45, 2.75) is 38.4 Å². The smallest absolute Gasteiger partial charge is 0.335 e. The van der Waals surface area contributed by atoms with Gasteiger partial charge < -0.3 is 9.84 Å². The van der Waals surface area contributed by atoms with Crippen LogP contribution < -0.4 is 0 Å². The standard InChI is InChI=1S/C13H15ClO3/c14-12-7-9(13(15)16)5-6-10(12)8-17-11-3-1-2-4-11/h5-7,11H,1-4,8H2,(H,15,16). The van der Waals surface area contributed by atoms with Crippen LogP contribution in [0.5, 0.6) is 0 Å². The highest BCUT2D eigenvalue weighted by Crippen LogP contribution is 2.24. The van der Waals surface area contributed by atoms with E-state index in [4.69, 9.17) is 21.4 Å². The maximum atomic E-state index is 10.7. The molecule has 1 aliphatic rings. The minimum atomic E-state index is -0.963. The number of hydrogen-bond acceptors (Lipinski definition) is 2. The van der Waals surface area contributed by atoms with Gasteiger partial charge in [0.2, 0.25) is 0 Å². The van der Waals surface area contributed by atoms with Gasteiger partial charge >= 0.3 is 5.97 Å². The van der Waals surface area contributed by atoms with Crippen molar-refractivity contribution in [3.05, 3.63) is 34.3 Å². The Hall–Kier alpha value is -1.06. The third-order valence-corrected chi connectivity index (χ3v) is 3.43. The molecule has 0 aromatic heterocycles. The quantitative estimate of drug-likeness (QED) is 0.895. The van der Waals surface area contributed by atoms with Gasteiger partial charge in [-0.3, -0.25) is 0 Å². The topological polar surface area (TPSA) is 46.5 Å². The van der Waals surface area contributed by atoms with Gasteiger partial charge in [0.1, 0.15) is 0 Å². The van der Waals surface area contributed by atoms with Gasteiger partial charge in [0.25, 0.3) is 0 Å². The highest BCUT2D eigenvalue weighted by molar-refractivity contribution is 6.31. The Bertz CT molecular complexity index is 411. The summed E-state index contributed by atoms with van der Waals surface area (Å²) < 4.78 is 5.74. The molecule has 92 valence electrons. The van der Waals surface area contributed by atoms with Crippen molar-refractivity contribution in [3.63, 3.8) is 0 Å². The van der Waals surface area contributed by atoms with E-state index in [-0.39, 0.29) is 5.56 Å². The molecule has 1 aromatic carbocycles. The number of carbonyl (C=O) groups is 1. The number of ether oxygens (including phenoxy) is 1. The molecule has 0 amide bonds. The second-order valence-electron chi connectivity index (χ2n) is 4.33. The second-order valence-corrected chi connectivity index (χ2v) is 4.74. The third kappa shape index (κ3) is 3.20. The molecule has 0 atom stereocenters. The molecule has 0 aliphatic heterocycles. The molecule has 17 heavy (non-hydrogen) atoms. The molecule has 1 N–H and O–H groups in total. The first-order valence-electron chi connectivity index (χ1n) is 5.80. The number of rotatable bonds is 4. The first-order chi connectivity index (χ1) is 8.16. The van der Waals surface area contributed by atoms with Crippen LogP contribution in [0.3, 0.4) is 0 Å². The van der Waals surface area contributed by atoms with E-state index in [0.29, 0.717) is 17.7 Å². The molecule has 1 aromatic rings. The van der Waals surface area contributed by atoms with Gasteiger partial charge in [-0.15, -0.1) is 0 Å². The van der Waals surface area contributed by atoms with Crippen LogP contribution >= 0.6 is 11.6 Å². The van der Waals surface area contributed by atoms with E-state index < -0.39 is 5.97 Å². The fourth-order valence-corrected chi connectivity index (χ4v) is 2.30. The highest BCUT2D eigenvalue weighted by atomic mass is 35.5. The Morgan fingerprint density at radius 2 is 2.12 bits per heavy atom. The molecule has 0 unspecified atom stereocenters. The maximum absolute atomic E-state index is 10.7. The average Bonchev–Trinajstić information content (AvgIpc) is 2.80.